The molecule has 0 atom stereocenters. The SMILES string of the molecule is Cc1ccc(CC(CCl)(CCl)c2ccccc2)cc1C. The van der Waals surface area contributed by atoms with Crippen molar-refractivity contribution in [1.82, 2.24) is 0 Å². The maximum atomic E-state index is 6.30. The number of aryl methyl sites for hydroxylation is 2. The Labute approximate surface area is 131 Å². The summed E-state index contributed by atoms with van der Waals surface area (Å²) in [6.07, 6.45) is 0.866. The Bertz CT molecular complexity index is 557. The maximum Gasteiger partial charge on any atom is 0.0335 e. The molecule has 2 aromatic carbocycles. The van der Waals surface area contributed by atoms with Gasteiger partial charge in [0.2, 0.25) is 0 Å². The predicted octanol–water partition coefficient (Wildman–Crippen LogP) is 5.26. The molecule has 20 heavy (non-hydrogen) atoms. The van der Waals surface area contributed by atoms with Crippen molar-refractivity contribution in [2.24, 2.45) is 0 Å². The molecule has 0 N–H and O–H groups in total. The minimum atomic E-state index is -0.202. The van der Waals surface area contributed by atoms with E-state index in [1.807, 2.05) is 18.2 Å². The lowest BCUT2D eigenvalue weighted by molar-refractivity contribution is 0.536. The summed E-state index contributed by atoms with van der Waals surface area (Å²) in [7, 11) is 0. The third-order valence-electron chi connectivity index (χ3n) is 4.01. The summed E-state index contributed by atoms with van der Waals surface area (Å²) in [5, 5.41) is 0. The Morgan fingerprint density at radius 1 is 0.850 bits per heavy atom. The molecule has 0 unspecified atom stereocenters. The summed E-state index contributed by atoms with van der Waals surface area (Å²) in [6.45, 7) is 4.27. The third kappa shape index (κ3) is 3.19. The van der Waals surface area contributed by atoms with Gasteiger partial charge in [0.1, 0.15) is 0 Å². The van der Waals surface area contributed by atoms with Gasteiger partial charge in [-0.3, -0.25) is 0 Å². The molecule has 2 rings (SSSR count). The van der Waals surface area contributed by atoms with Crippen molar-refractivity contribution >= 4 is 23.2 Å². The quantitative estimate of drug-likeness (QED) is 0.661. The molecule has 2 heteroatoms. The van der Waals surface area contributed by atoms with E-state index >= 15 is 0 Å². The lowest BCUT2D eigenvalue weighted by Gasteiger charge is -2.30. The van der Waals surface area contributed by atoms with Crippen LogP contribution < -0.4 is 0 Å². The highest BCUT2D eigenvalue weighted by atomic mass is 35.5. The largest absolute Gasteiger partial charge is 0.126 e. The van der Waals surface area contributed by atoms with Gasteiger partial charge in [-0.15, -0.1) is 23.2 Å². The molecule has 0 radical (unpaired) electrons. The van der Waals surface area contributed by atoms with Crippen molar-refractivity contribution in [2.75, 3.05) is 11.8 Å². The first-order valence-electron chi connectivity index (χ1n) is 6.85. The lowest BCUT2D eigenvalue weighted by atomic mass is 9.78. The molecule has 0 heterocycles. The van der Waals surface area contributed by atoms with Gasteiger partial charge >= 0.3 is 0 Å². The zero-order valence-electron chi connectivity index (χ0n) is 12.0. The molecule has 0 spiro atoms. The van der Waals surface area contributed by atoms with Crippen LogP contribution in [0.3, 0.4) is 0 Å². The maximum absolute atomic E-state index is 6.30. The van der Waals surface area contributed by atoms with E-state index in [1.165, 1.54) is 22.3 Å². The Morgan fingerprint density at radius 2 is 1.50 bits per heavy atom. The molecule has 0 saturated heterocycles. The molecule has 0 aromatic heterocycles. The molecule has 0 fully saturated rings. The van der Waals surface area contributed by atoms with Gasteiger partial charge in [0.15, 0.2) is 0 Å². The van der Waals surface area contributed by atoms with Crippen LogP contribution in [0.5, 0.6) is 0 Å². The van der Waals surface area contributed by atoms with Gasteiger partial charge in [0.05, 0.1) is 0 Å². The summed E-state index contributed by atoms with van der Waals surface area (Å²) in [6, 6.07) is 16.9. The molecule has 106 valence electrons. The molecular weight excluding hydrogens is 287 g/mol. The lowest BCUT2D eigenvalue weighted by Crippen LogP contribution is -2.33. The minimum absolute atomic E-state index is 0.202. The van der Waals surface area contributed by atoms with Crippen molar-refractivity contribution < 1.29 is 0 Å². The van der Waals surface area contributed by atoms with Crippen LogP contribution in [0, 0.1) is 13.8 Å². The van der Waals surface area contributed by atoms with E-state index in [0.29, 0.717) is 11.8 Å². The van der Waals surface area contributed by atoms with Crippen LogP contribution >= 0.6 is 23.2 Å². The first-order valence-corrected chi connectivity index (χ1v) is 7.92. The second-order valence-electron chi connectivity index (χ2n) is 5.51. The van der Waals surface area contributed by atoms with Crippen molar-refractivity contribution in [2.45, 2.75) is 25.7 Å². The molecule has 0 aliphatic rings. The normalized spacial score (nSPS) is 11.6. The van der Waals surface area contributed by atoms with Gasteiger partial charge in [0, 0.05) is 17.2 Å². The fraction of sp³-hybridized carbons (Fsp3) is 0.333. The van der Waals surface area contributed by atoms with Crippen LogP contribution in [0.4, 0.5) is 0 Å². The van der Waals surface area contributed by atoms with Crippen LogP contribution in [0.1, 0.15) is 22.3 Å². The Kier molecular flexibility index (Phi) is 5.12. The van der Waals surface area contributed by atoms with E-state index < -0.39 is 0 Å². The standard InChI is InChI=1S/C18H20Cl2/c1-14-8-9-16(10-15(14)2)11-18(12-19,13-20)17-6-4-3-5-7-17/h3-10H,11-13H2,1-2H3. The number of halogens is 2. The Morgan fingerprint density at radius 3 is 2.05 bits per heavy atom. The highest BCUT2D eigenvalue weighted by Crippen LogP contribution is 2.32. The second-order valence-corrected chi connectivity index (χ2v) is 6.04. The number of rotatable bonds is 5. The predicted molar refractivity (Wildman–Crippen MR) is 89.2 cm³/mol. The summed E-state index contributed by atoms with van der Waals surface area (Å²) < 4.78 is 0. The molecule has 0 aliphatic heterocycles. The average molecular weight is 307 g/mol. The van der Waals surface area contributed by atoms with E-state index in [0.717, 1.165) is 6.42 Å². The van der Waals surface area contributed by atoms with Gasteiger partial charge in [-0.25, -0.2) is 0 Å². The molecule has 0 aliphatic carbocycles. The molecule has 0 bridgehead atoms. The average Bonchev–Trinajstić information content (AvgIpc) is 2.49. The molecule has 0 saturated carbocycles. The van der Waals surface area contributed by atoms with Gasteiger partial charge in [0.25, 0.3) is 0 Å². The summed E-state index contributed by atoms with van der Waals surface area (Å²) in [4.78, 5) is 0. The third-order valence-corrected chi connectivity index (χ3v) is 5.03. The fourth-order valence-corrected chi connectivity index (χ4v) is 3.27. The number of hydrogen-bond acceptors (Lipinski definition) is 0. The topological polar surface area (TPSA) is 0 Å². The van der Waals surface area contributed by atoms with Crippen LogP contribution in [0.15, 0.2) is 48.5 Å². The highest BCUT2D eigenvalue weighted by Gasteiger charge is 2.30. The summed E-state index contributed by atoms with van der Waals surface area (Å²) in [5.74, 6) is 1.04. The first kappa shape index (κ1) is 15.4. The van der Waals surface area contributed by atoms with Crippen molar-refractivity contribution in [3.8, 4) is 0 Å². The van der Waals surface area contributed by atoms with Crippen molar-refractivity contribution in [3.63, 3.8) is 0 Å². The fourth-order valence-electron chi connectivity index (χ4n) is 2.48. The molecule has 0 nitrogen and oxygen atoms in total. The van der Waals surface area contributed by atoms with Crippen molar-refractivity contribution in [3.05, 3.63) is 70.8 Å². The smallest absolute Gasteiger partial charge is 0.0335 e. The van der Waals surface area contributed by atoms with E-state index in [2.05, 4.69) is 44.2 Å². The molecule has 0 amide bonds. The summed E-state index contributed by atoms with van der Waals surface area (Å²) >= 11 is 12.6. The van der Waals surface area contributed by atoms with E-state index in [4.69, 9.17) is 23.2 Å². The van der Waals surface area contributed by atoms with Crippen LogP contribution in [0.2, 0.25) is 0 Å². The van der Waals surface area contributed by atoms with Crippen molar-refractivity contribution in [1.29, 1.82) is 0 Å². The zero-order valence-corrected chi connectivity index (χ0v) is 13.5. The van der Waals surface area contributed by atoms with E-state index in [-0.39, 0.29) is 5.41 Å². The van der Waals surface area contributed by atoms with Crippen LogP contribution in [-0.2, 0) is 11.8 Å². The van der Waals surface area contributed by atoms with Gasteiger partial charge < -0.3 is 0 Å². The highest BCUT2D eigenvalue weighted by molar-refractivity contribution is 6.22. The zero-order chi connectivity index (χ0) is 14.6. The summed E-state index contributed by atoms with van der Waals surface area (Å²) in [5.41, 5.74) is 4.93. The number of benzene rings is 2. The van der Waals surface area contributed by atoms with Gasteiger partial charge in [-0.2, -0.15) is 0 Å². The van der Waals surface area contributed by atoms with E-state index in [1.54, 1.807) is 0 Å². The monoisotopic (exact) mass is 306 g/mol. The van der Waals surface area contributed by atoms with Crippen LogP contribution in [0.25, 0.3) is 0 Å². The Balaban J connectivity index is 2.36. The van der Waals surface area contributed by atoms with Gasteiger partial charge in [-0.1, -0.05) is 48.5 Å². The van der Waals surface area contributed by atoms with Gasteiger partial charge in [-0.05, 0) is 42.5 Å². The molecule has 2 aromatic rings. The van der Waals surface area contributed by atoms with Crippen LogP contribution in [-0.4, -0.2) is 11.8 Å². The number of hydrogen-bond donors (Lipinski definition) is 0. The Hall–Kier alpha value is -0.980. The second kappa shape index (κ2) is 6.65. The molecular formula is C18H20Cl2. The minimum Gasteiger partial charge on any atom is -0.126 e. The first-order chi connectivity index (χ1) is 9.61. The number of alkyl halides is 2. The van der Waals surface area contributed by atoms with E-state index in [9.17, 15) is 0 Å².